The zero-order valence-corrected chi connectivity index (χ0v) is 12.0. The Hall–Kier alpha value is -2.19. The van der Waals surface area contributed by atoms with Crippen molar-refractivity contribution in [2.45, 2.75) is 19.4 Å². The van der Waals surface area contributed by atoms with E-state index in [1.165, 1.54) is 0 Å². The second-order valence-corrected chi connectivity index (χ2v) is 5.76. The van der Waals surface area contributed by atoms with Gasteiger partial charge in [-0.25, -0.2) is 20.8 Å². The van der Waals surface area contributed by atoms with Gasteiger partial charge in [0.15, 0.2) is 17.3 Å². The molecule has 0 aliphatic rings. The number of nitrogen functional groups attached to an aromatic ring is 1. The number of nitrogens with zero attached hydrogens (tertiary/aromatic N) is 4. The van der Waals surface area contributed by atoms with Crippen LogP contribution in [0.15, 0.2) is 30.2 Å². The van der Waals surface area contributed by atoms with Gasteiger partial charge in [-0.3, -0.25) is 0 Å². The number of thiazole rings is 1. The van der Waals surface area contributed by atoms with Crippen molar-refractivity contribution in [2.24, 2.45) is 5.84 Å². The van der Waals surface area contributed by atoms with Crippen molar-refractivity contribution in [1.29, 1.82) is 0 Å². The minimum Gasteiger partial charge on any atom is -0.356 e. The predicted molar refractivity (Wildman–Crippen MR) is 79.6 cm³/mol. The lowest BCUT2D eigenvalue weighted by Gasteiger charge is -2.24. The molecular formula is C12H15N7S. The van der Waals surface area contributed by atoms with Gasteiger partial charge >= 0.3 is 0 Å². The van der Waals surface area contributed by atoms with Crippen LogP contribution >= 0.6 is 11.3 Å². The predicted octanol–water partition coefficient (Wildman–Crippen LogP) is 1.82. The maximum Gasteiger partial charge on any atom is 0.180 e. The first-order valence-corrected chi connectivity index (χ1v) is 6.96. The van der Waals surface area contributed by atoms with Crippen molar-refractivity contribution in [3.8, 4) is 0 Å². The molecule has 7 nitrogen and oxygen atoms in total. The summed E-state index contributed by atoms with van der Waals surface area (Å²) in [5.41, 5.74) is 2.95. The number of imidazole rings is 1. The van der Waals surface area contributed by atoms with Gasteiger partial charge in [-0.1, -0.05) is 0 Å². The zero-order chi connectivity index (χ0) is 14.2. The van der Waals surface area contributed by atoms with Crippen LogP contribution in [-0.4, -0.2) is 19.4 Å². The quantitative estimate of drug-likeness (QED) is 0.501. The SMILES string of the molecule is CC(C)(Nc1nc(NN)cn2ccnc12)c1nccs1. The summed E-state index contributed by atoms with van der Waals surface area (Å²) in [4.78, 5) is 13.1. The molecule has 4 N–H and O–H groups in total. The van der Waals surface area contributed by atoms with E-state index in [0.29, 0.717) is 11.6 Å². The summed E-state index contributed by atoms with van der Waals surface area (Å²) >= 11 is 1.60. The normalized spacial score (nSPS) is 11.8. The Labute approximate surface area is 119 Å². The Balaban J connectivity index is 2.03. The highest BCUT2D eigenvalue weighted by Gasteiger charge is 2.25. The van der Waals surface area contributed by atoms with Gasteiger partial charge in [0.1, 0.15) is 5.01 Å². The molecular weight excluding hydrogens is 274 g/mol. The molecule has 8 heteroatoms. The third kappa shape index (κ3) is 2.19. The number of fused-ring (bicyclic) bond motifs is 1. The Morgan fingerprint density at radius 3 is 2.85 bits per heavy atom. The van der Waals surface area contributed by atoms with Crippen LogP contribution in [0.25, 0.3) is 5.65 Å². The maximum atomic E-state index is 5.45. The van der Waals surface area contributed by atoms with Crippen molar-refractivity contribution >= 4 is 28.6 Å². The number of hydrogen-bond donors (Lipinski definition) is 3. The molecule has 0 saturated carbocycles. The van der Waals surface area contributed by atoms with Gasteiger partial charge in [-0.05, 0) is 13.8 Å². The monoisotopic (exact) mass is 289 g/mol. The number of rotatable bonds is 4. The molecule has 0 bridgehead atoms. The lowest BCUT2D eigenvalue weighted by molar-refractivity contribution is 0.601. The van der Waals surface area contributed by atoms with E-state index in [4.69, 9.17) is 5.84 Å². The fourth-order valence-electron chi connectivity index (χ4n) is 1.97. The smallest absolute Gasteiger partial charge is 0.180 e. The second-order valence-electron chi connectivity index (χ2n) is 4.86. The van der Waals surface area contributed by atoms with Crippen LogP contribution in [0, 0.1) is 0 Å². The van der Waals surface area contributed by atoms with Gasteiger partial charge in [0.2, 0.25) is 0 Å². The lowest BCUT2D eigenvalue weighted by Crippen LogP contribution is -2.29. The molecule has 3 aromatic rings. The number of hydrazine groups is 1. The standard InChI is InChI=1S/C12H15N7S/c1-12(2,11-15-4-6-20-11)17-9-10-14-3-5-19(10)7-8(16-9)18-13/h3-7,18H,13H2,1-2H3,(H,16,17). The van der Waals surface area contributed by atoms with Crippen LogP contribution in [0.5, 0.6) is 0 Å². The van der Waals surface area contributed by atoms with Gasteiger partial charge in [-0.2, -0.15) is 0 Å². The lowest BCUT2D eigenvalue weighted by atomic mass is 10.1. The first-order valence-electron chi connectivity index (χ1n) is 6.08. The maximum absolute atomic E-state index is 5.45. The van der Waals surface area contributed by atoms with Gasteiger partial charge in [0.25, 0.3) is 0 Å². The van der Waals surface area contributed by atoms with Crippen LogP contribution in [-0.2, 0) is 5.54 Å². The van der Waals surface area contributed by atoms with Gasteiger partial charge < -0.3 is 15.1 Å². The average Bonchev–Trinajstić information content (AvgIpc) is 3.09. The number of nitrogens with two attached hydrogens (primary N) is 1. The summed E-state index contributed by atoms with van der Waals surface area (Å²) in [7, 11) is 0. The summed E-state index contributed by atoms with van der Waals surface area (Å²) in [6.45, 7) is 4.10. The molecule has 0 aromatic carbocycles. The highest BCUT2D eigenvalue weighted by Crippen LogP contribution is 2.28. The van der Waals surface area contributed by atoms with E-state index in [1.807, 2.05) is 16.0 Å². The number of aromatic nitrogens is 4. The Bertz CT molecular complexity index is 717. The molecule has 0 aliphatic heterocycles. The van der Waals surface area contributed by atoms with Crippen LogP contribution < -0.4 is 16.6 Å². The molecule has 3 heterocycles. The number of anilines is 2. The molecule has 0 atom stereocenters. The fraction of sp³-hybridized carbons (Fsp3) is 0.250. The van der Waals surface area contributed by atoms with Crippen molar-refractivity contribution in [1.82, 2.24) is 19.4 Å². The third-order valence-corrected chi connectivity index (χ3v) is 4.02. The molecule has 0 amide bonds. The van der Waals surface area contributed by atoms with E-state index in [9.17, 15) is 0 Å². The molecule has 0 radical (unpaired) electrons. The number of hydrogen-bond acceptors (Lipinski definition) is 7. The number of nitrogens with one attached hydrogen (secondary N) is 2. The largest absolute Gasteiger partial charge is 0.356 e. The highest BCUT2D eigenvalue weighted by atomic mass is 32.1. The first-order chi connectivity index (χ1) is 9.60. The molecule has 3 aromatic heterocycles. The van der Waals surface area contributed by atoms with E-state index in [2.05, 4.69) is 39.5 Å². The second kappa shape index (κ2) is 4.73. The molecule has 0 saturated heterocycles. The molecule has 0 aliphatic carbocycles. The van der Waals surface area contributed by atoms with Crippen LogP contribution in [0.2, 0.25) is 0 Å². The molecule has 3 rings (SSSR count). The Kier molecular flexibility index (Phi) is 3.03. The Morgan fingerprint density at radius 2 is 2.15 bits per heavy atom. The summed E-state index contributed by atoms with van der Waals surface area (Å²) in [6.07, 6.45) is 7.14. The van der Waals surface area contributed by atoms with E-state index >= 15 is 0 Å². The van der Waals surface area contributed by atoms with Crippen molar-refractivity contribution < 1.29 is 0 Å². The third-order valence-electron chi connectivity index (χ3n) is 2.92. The van der Waals surface area contributed by atoms with E-state index in [-0.39, 0.29) is 5.54 Å². The minimum atomic E-state index is -0.346. The van der Waals surface area contributed by atoms with Crippen molar-refractivity contribution in [3.05, 3.63) is 35.2 Å². The summed E-state index contributed by atoms with van der Waals surface area (Å²) in [5.74, 6) is 6.67. The fourth-order valence-corrected chi connectivity index (χ4v) is 2.68. The van der Waals surface area contributed by atoms with E-state index < -0.39 is 0 Å². The van der Waals surface area contributed by atoms with Crippen LogP contribution in [0.4, 0.5) is 11.6 Å². The van der Waals surface area contributed by atoms with Crippen molar-refractivity contribution in [3.63, 3.8) is 0 Å². The molecule has 0 fully saturated rings. The first kappa shape index (κ1) is 12.8. The Morgan fingerprint density at radius 1 is 1.30 bits per heavy atom. The van der Waals surface area contributed by atoms with E-state index in [0.717, 1.165) is 10.7 Å². The van der Waals surface area contributed by atoms with Crippen LogP contribution in [0.3, 0.4) is 0 Å². The van der Waals surface area contributed by atoms with Crippen LogP contribution in [0.1, 0.15) is 18.9 Å². The molecule has 104 valence electrons. The summed E-state index contributed by atoms with van der Waals surface area (Å²) in [6, 6.07) is 0. The van der Waals surface area contributed by atoms with Crippen molar-refractivity contribution in [2.75, 3.05) is 10.7 Å². The minimum absolute atomic E-state index is 0.346. The van der Waals surface area contributed by atoms with Gasteiger partial charge in [-0.15, -0.1) is 11.3 Å². The summed E-state index contributed by atoms with van der Waals surface area (Å²) in [5, 5.41) is 6.32. The summed E-state index contributed by atoms with van der Waals surface area (Å²) < 4.78 is 1.86. The molecule has 0 spiro atoms. The van der Waals surface area contributed by atoms with Gasteiger partial charge in [0.05, 0.1) is 11.7 Å². The highest BCUT2D eigenvalue weighted by molar-refractivity contribution is 7.09. The average molecular weight is 289 g/mol. The van der Waals surface area contributed by atoms with Gasteiger partial charge in [0, 0.05) is 24.0 Å². The van der Waals surface area contributed by atoms with E-state index in [1.54, 1.807) is 29.9 Å². The molecule has 0 unspecified atom stereocenters. The zero-order valence-electron chi connectivity index (χ0n) is 11.2. The topological polar surface area (TPSA) is 93.2 Å². The molecule has 20 heavy (non-hydrogen) atoms.